The molecular weight excluding hydrogens is 110 g/mol. The molecule has 48 valence electrons. The summed E-state index contributed by atoms with van der Waals surface area (Å²) in [5, 5.41) is 0. The molecule has 0 aromatic heterocycles. The fourth-order valence-electron chi connectivity index (χ4n) is 0.452. The summed E-state index contributed by atoms with van der Waals surface area (Å²) < 4.78 is 23.4. The van der Waals surface area contributed by atoms with Crippen LogP contribution in [0.3, 0.4) is 0 Å². The molecule has 0 saturated heterocycles. The number of hydrogen-bond donors (Lipinski definition) is 0. The molecule has 0 rings (SSSR count). The molecular formula is C6H10F2. The summed E-state index contributed by atoms with van der Waals surface area (Å²) in [5.74, 6) is 0. The Bertz CT molecular complexity index is 76.6. The zero-order valence-corrected chi connectivity index (χ0v) is 4.95. The summed E-state index contributed by atoms with van der Waals surface area (Å²) in [5.41, 5.74) is 0.333. The SMILES string of the molecule is C=C(CF)CC(C)F. The van der Waals surface area contributed by atoms with Crippen molar-refractivity contribution in [3.05, 3.63) is 12.2 Å². The maximum absolute atomic E-state index is 11.9. The van der Waals surface area contributed by atoms with Crippen LogP contribution in [0, 0.1) is 0 Å². The third-order valence-electron chi connectivity index (χ3n) is 0.759. The Morgan fingerprint density at radius 2 is 2.25 bits per heavy atom. The van der Waals surface area contributed by atoms with Crippen LogP contribution < -0.4 is 0 Å². The van der Waals surface area contributed by atoms with Gasteiger partial charge in [-0.1, -0.05) is 6.58 Å². The van der Waals surface area contributed by atoms with E-state index in [9.17, 15) is 8.78 Å². The van der Waals surface area contributed by atoms with E-state index in [-0.39, 0.29) is 6.42 Å². The highest BCUT2D eigenvalue weighted by atomic mass is 19.1. The first-order valence-electron chi connectivity index (χ1n) is 2.53. The molecule has 0 nitrogen and oxygen atoms in total. The van der Waals surface area contributed by atoms with Gasteiger partial charge in [-0.15, -0.1) is 0 Å². The minimum Gasteiger partial charge on any atom is -0.247 e. The summed E-state index contributed by atoms with van der Waals surface area (Å²) in [6.07, 6.45) is -0.811. The number of allylic oxidation sites excluding steroid dienone is 1. The van der Waals surface area contributed by atoms with Crippen LogP contribution in [0.4, 0.5) is 8.78 Å². The summed E-state index contributed by atoms with van der Waals surface area (Å²) in [4.78, 5) is 0. The van der Waals surface area contributed by atoms with E-state index in [2.05, 4.69) is 6.58 Å². The van der Waals surface area contributed by atoms with Crippen LogP contribution in [0.15, 0.2) is 12.2 Å². The number of alkyl halides is 2. The van der Waals surface area contributed by atoms with Crippen molar-refractivity contribution in [2.45, 2.75) is 19.5 Å². The minimum atomic E-state index is -0.960. The Labute approximate surface area is 48.2 Å². The lowest BCUT2D eigenvalue weighted by molar-refractivity contribution is 0.351. The minimum absolute atomic E-state index is 0.149. The Morgan fingerprint density at radius 3 is 2.38 bits per heavy atom. The summed E-state index contributed by atoms with van der Waals surface area (Å²) in [7, 11) is 0. The quantitative estimate of drug-likeness (QED) is 0.501. The highest BCUT2D eigenvalue weighted by molar-refractivity contribution is 4.94. The van der Waals surface area contributed by atoms with Crippen molar-refractivity contribution < 1.29 is 8.78 Å². The monoisotopic (exact) mass is 120 g/mol. The van der Waals surface area contributed by atoms with Gasteiger partial charge in [0.15, 0.2) is 0 Å². The highest BCUT2D eigenvalue weighted by Crippen LogP contribution is 2.05. The van der Waals surface area contributed by atoms with E-state index in [1.165, 1.54) is 6.92 Å². The third kappa shape index (κ3) is 3.78. The normalized spacial score (nSPS) is 13.4. The molecule has 0 aromatic rings. The van der Waals surface area contributed by atoms with Gasteiger partial charge in [-0.2, -0.15) is 0 Å². The van der Waals surface area contributed by atoms with Gasteiger partial charge in [-0.3, -0.25) is 0 Å². The van der Waals surface area contributed by atoms with Crippen molar-refractivity contribution >= 4 is 0 Å². The van der Waals surface area contributed by atoms with Crippen LogP contribution in [0.5, 0.6) is 0 Å². The van der Waals surface area contributed by atoms with Crippen molar-refractivity contribution in [1.82, 2.24) is 0 Å². The first-order valence-corrected chi connectivity index (χ1v) is 2.53. The number of halogens is 2. The number of hydrogen-bond acceptors (Lipinski definition) is 0. The van der Waals surface area contributed by atoms with Crippen molar-refractivity contribution in [2.24, 2.45) is 0 Å². The van der Waals surface area contributed by atoms with Crippen LogP contribution in [0.2, 0.25) is 0 Å². The Morgan fingerprint density at radius 1 is 1.75 bits per heavy atom. The molecule has 1 unspecified atom stereocenters. The second-order valence-electron chi connectivity index (χ2n) is 1.87. The van der Waals surface area contributed by atoms with E-state index >= 15 is 0 Å². The first-order chi connectivity index (χ1) is 3.66. The predicted octanol–water partition coefficient (Wildman–Crippen LogP) is 2.26. The van der Waals surface area contributed by atoms with Crippen LogP contribution in [0.25, 0.3) is 0 Å². The van der Waals surface area contributed by atoms with E-state index < -0.39 is 12.8 Å². The highest BCUT2D eigenvalue weighted by Gasteiger charge is 1.99. The van der Waals surface area contributed by atoms with Crippen LogP contribution in [-0.2, 0) is 0 Å². The lowest BCUT2D eigenvalue weighted by Crippen LogP contribution is -1.95. The molecule has 0 aliphatic heterocycles. The lowest BCUT2D eigenvalue weighted by Gasteiger charge is -1.98. The summed E-state index contributed by atoms with van der Waals surface area (Å²) in [6.45, 7) is 4.09. The molecule has 1 atom stereocenters. The van der Waals surface area contributed by atoms with E-state index in [4.69, 9.17) is 0 Å². The van der Waals surface area contributed by atoms with Crippen molar-refractivity contribution in [2.75, 3.05) is 6.67 Å². The molecule has 0 aliphatic rings. The van der Waals surface area contributed by atoms with Crippen LogP contribution in [0.1, 0.15) is 13.3 Å². The lowest BCUT2D eigenvalue weighted by atomic mass is 10.2. The molecule has 8 heavy (non-hydrogen) atoms. The van der Waals surface area contributed by atoms with E-state index in [0.717, 1.165) is 0 Å². The average Bonchev–Trinajstić information content (AvgIpc) is 1.65. The average molecular weight is 120 g/mol. The fraction of sp³-hybridized carbons (Fsp3) is 0.667. The molecule has 0 bridgehead atoms. The molecule has 0 radical (unpaired) electrons. The van der Waals surface area contributed by atoms with Crippen molar-refractivity contribution in [3.8, 4) is 0 Å². The molecule has 2 heteroatoms. The summed E-state index contributed by atoms with van der Waals surface area (Å²) >= 11 is 0. The van der Waals surface area contributed by atoms with Crippen LogP contribution in [-0.4, -0.2) is 12.8 Å². The fourth-order valence-corrected chi connectivity index (χ4v) is 0.452. The third-order valence-corrected chi connectivity index (χ3v) is 0.759. The smallest absolute Gasteiger partial charge is 0.110 e. The maximum Gasteiger partial charge on any atom is 0.110 e. The van der Waals surface area contributed by atoms with Crippen LogP contribution >= 0.6 is 0 Å². The van der Waals surface area contributed by atoms with Crippen molar-refractivity contribution in [1.29, 1.82) is 0 Å². The molecule has 0 spiro atoms. The van der Waals surface area contributed by atoms with Gasteiger partial charge in [-0.05, 0) is 12.5 Å². The van der Waals surface area contributed by atoms with E-state index in [1.807, 2.05) is 0 Å². The predicted molar refractivity (Wildman–Crippen MR) is 30.3 cm³/mol. The van der Waals surface area contributed by atoms with Gasteiger partial charge >= 0.3 is 0 Å². The van der Waals surface area contributed by atoms with Crippen molar-refractivity contribution in [3.63, 3.8) is 0 Å². The molecule has 0 saturated carbocycles. The van der Waals surface area contributed by atoms with Gasteiger partial charge in [-0.25, -0.2) is 8.78 Å². The molecule has 0 amide bonds. The van der Waals surface area contributed by atoms with Gasteiger partial charge in [0.1, 0.15) is 12.8 Å². The topological polar surface area (TPSA) is 0 Å². The van der Waals surface area contributed by atoms with Gasteiger partial charge < -0.3 is 0 Å². The second-order valence-corrected chi connectivity index (χ2v) is 1.87. The standard InChI is InChI=1S/C6H10F2/c1-5(4-7)3-6(2)8/h6H,1,3-4H2,2H3. The zero-order valence-electron chi connectivity index (χ0n) is 4.95. The zero-order chi connectivity index (χ0) is 6.57. The molecule has 0 aliphatic carbocycles. The Kier molecular flexibility index (Phi) is 3.40. The van der Waals surface area contributed by atoms with Gasteiger partial charge in [0, 0.05) is 6.42 Å². The number of rotatable bonds is 3. The van der Waals surface area contributed by atoms with Gasteiger partial charge in [0.2, 0.25) is 0 Å². The first kappa shape index (κ1) is 7.60. The van der Waals surface area contributed by atoms with Gasteiger partial charge in [0.05, 0.1) is 0 Å². The molecule has 0 heterocycles. The van der Waals surface area contributed by atoms with E-state index in [0.29, 0.717) is 5.57 Å². The second kappa shape index (κ2) is 3.58. The molecule has 0 fully saturated rings. The van der Waals surface area contributed by atoms with E-state index in [1.54, 1.807) is 0 Å². The largest absolute Gasteiger partial charge is 0.247 e. The Balaban J connectivity index is 3.25. The Hall–Kier alpha value is -0.400. The summed E-state index contributed by atoms with van der Waals surface area (Å²) in [6, 6.07) is 0. The molecule has 0 N–H and O–H groups in total. The molecule has 0 aromatic carbocycles. The van der Waals surface area contributed by atoms with Gasteiger partial charge in [0.25, 0.3) is 0 Å². The maximum atomic E-state index is 11.9.